The highest BCUT2D eigenvalue weighted by atomic mass is 32.2. The highest BCUT2D eigenvalue weighted by Gasteiger charge is 2.07. The van der Waals surface area contributed by atoms with Crippen LogP contribution in [0.4, 0.5) is 0 Å². The molecule has 25 heavy (non-hydrogen) atoms. The van der Waals surface area contributed by atoms with Crippen molar-refractivity contribution in [1.29, 1.82) is 0 Å². The molecule has 0 atom stereocenters. The number of sulfonamides is 1. The number of quaternary nitrogens is 1. The van der Waals surface area contributed by atoms with Gasteiger partial charge in [-0.15, -0.1) is 0 Å². The first kappa shape index (κ1) is 19.1. The number of carbonyl (C=O) groups excluding carboxylic acids is 1. The van der Waals surface area contributed by atoms with Gasteiger partial charge < -0.3 is 10.6 Å². The second-order valence-corrected chi connectivity index (χ2v) is 7.37. The number of carbonyl (C=O) groups is 1. The van der Waals surface area contributed by atoms with Gasteiger partial charge in [0.1, 0.15) is 0 Å². The van der Waals surface area contributed by atoms with Crippen molar-refractivity contribution in [1.82, 2.24) is 5.32 Å². The number of hydrogen-bond donors (Lipinski definition) is 3. The molecule has 0 saturated carbocycles. The Morgan fingerprint density at radius 2 is 1.60 bits per heavy atom. The molecule has 0 aliphatic carbocycles. The summed E-state index contributed by atoms with van der Waals surface area (Å²) in [6, 6.07) is 16.5. The normalized spacial score (nSPS) is 11.2. The van der Waals surface area contributed by atoms with Crippen LogP contribution in [0.1, 0.15) is 11.1 Å². The van der Waals surface area contributed by atoms with Crippen LogP contribution in [-0.4, -0.2) is 34.0 Å². The largest absolute Gasteiger partial charge is 0.351 e. The number of nitrogens with one attached hydrogen (secondary N) is 1. The molecule has 0 saturated heterocycles. The molecule has 1 amide bonds. The maximum atomic E-state index is 11.8. The Balaban J connectivity index is 1.62. The number of rotatable bonds is 9. The average molecular weight is 362 g/mol. The average Bonchev–Trinajstić information content (AvgIpc) is 2.59. The van der Waals surface area contributed by atoms with Crippen LogP contribution in [0.3, 0.4) is 0 Å². The van der Waals surface area contributed by atoms with Gasteiger partial charge in [0.05, 0.1) is 11.4 Å². The van der Waals surface area contributed by atoms with Crippen LogP contribution in [-0.2, 0) is 27.7 Å². The Hall–Kier alpha value is -2.22. The summed E-state index contributed by atoms with van der Waals surface area (Å²) in [5, 5.41) is 9.90. The van der Waals surface area contributed by atoms with Crippen molar-refractivity contribution in [2.75, 3.05) is 19.6 Å². The predicted molar refractivity (Wildman–Crippen MR) is 96.3 cm³/mol. The van der Waals surface area contributed by atoms with Crippen molar-refractivity contribution in [3.8, 4) is 0 Å². The first-order chi connectivity index (χ1) is 11.9. The Labute approximate surface area is 148 Å². The molecule has 2 aromatic rings. The molecule has 0 fully saturated rings. The van der Waals surface area contributed by atoms with E-state index in [9.17, 15) is 13.2 Å². The molecule has 0 heterocycles. The zero-order valence-electron chi connectivity index (χ0n) is 14.0. The van der Waals surface area contributed by atoms with E-state index in [0.29, 0.717) is 19.5 Å². The van der Waals surface area contributed by atoms with Crippen LogP contribution in [0, 0.1) is 0 Å². The second-order valence-electron chi connectivity index (χ2n) is 5.81. The monoisotopic (exact) mass is 362 g/mol. The molecule has 0 spiro atoms. The molecule has 0 aliphatic rings. The van der Waals surface area contributed by atoms with Crippen molar-refractivity contribution in [3.05, 3.63) is 65.7 Å². The fourth-order valence-electron chi connectivity index (χ4n) is 2.41. The lowest BCUT2D eigenvalue weighted by Crippen LogP contribution is -2.87. The molecular weight excluding hydrogens is 338 g/mol. The number of benzene rings is 2. The van der Waals surface area contributed by atoms with Gasteiger partial charge in [0.15, 0.2) is 6.54 Å². The van der Waals surface area contributed by atoms with E-state index >= 15 is 0 Å². The second kappa shape index (κ2) is 9.31. The van der Waals surface area contributed by atoms with Crippen LogP contribution < -0.4 is 15.8 Å². The van der Waals surface area contributed by atoms with E-state index < -0.39 is 10.0 Å². The van der Waals surface area contributed by atoms with Crippen LogP contribution in [0.5, 0.6) is 0 Å². The lowest BCUT2D eigenvalue weighted by Gasteiger charge is -2.06. The Bertz CT molecular complexity index is 775. The zero-order valence-corrected chi connectivity index (χ0v) is 14.8. The van der Waals surface area contributed by atoms with E-state index in [1.165, 1.54) is 17.7 Å². The van der Waals surface area contributed by atoms with Crippen molar-refractivity contribution < 1.29 is 18.5 Å². The molecule has 0 aliphatic heterocycles. The molecule has 0 unspecified atom stereocenters. The van der Waals surface area contributed by atoms with E-state index in [-0.39, 0.29) is 10.8 Å². The number of amides is 1. The fraction of sp³-hybridized carbons (Fsp3) is 0.278. The third kappa shape index (κ3) is 7.04. The molecule has 134 valence electrons. The van der Waals surface area contributed by atoms with E-state index in [4.69, 9.17) is 5.14 Å². The van der Waals surface area contributed by atoms with Crippen molar-refractivity contribution in [2.45, 2.75) is 17.7 Å². The number of hydrogen-bond acceptors (Lipinski definition) is 3. The summed E-state index contributed by atoms with van der Waals surface area (Å²) in [6.07, 6.45) is 1.57. The standard InChI is InChI=1S/C18H23N3O3S/c19-25(23,24)17-8-6-16(7-9-17)11-13-21-18(22)14-20-12-10-15-4-2-1-3-5-15/h1-9,20H,10-14H2,(H,21,22)(H2,19,23,24)/p+1. The van der Waals surface area contributed by atoms with E-state index in [0.717, 1.165) is 18.5 Å². The summed E-state index contributed by atoms with van der Waals surface area (Å²) in [6.45, 7) is 1.78. The molecule has 0 aromatic heterocycles. The quantitative estimate of drug-likeness (QED) is 0.538. The summed E-state index contributed by atoms with van der Waals surface area (Å²) < 4.78 is 22.4. The van der Waals surface area contributed by atoms with Gasteiger partial charge in [-0.05, 0) is 29.7 Å². The van der Waals surface area contributed by atoms with Gasteiger partial charge in [-0.25, -0.2) is 13.6 Å². The number of primary sulfonamides is 1. The van der Waals surface area contributed by atoms with Crippen molar-refractivity contribution >= 4 is 15.9 Å². The van der Waals surface area contributed by atoms with Gasteiger partial charge in [0.2, 0.25) is 10.0 Å². The third-order valence-corrected chi connectivity index (χ3v) is 4.73. The first-order valence-electron chi connectivity index (χ1n) is 8.19. The van der Waals surface area contributed by atoms with Crippen molar-refractivity contribution in [2.24, 2.45) is 5.14 Å². The van der Waals surface area contributed by atoms with Gasteiger partial charge in [-0.1, -0.05) is 42.5 Å². The smallest absolute Gasteiger partial charge is 0.275 e. The molecule has 7 heteroatoms. The van der Waals surface area contributed by atoms with Crippen LogP contribution >= 0.6 is 0 Å². The van der Waals surface area contributed by atoms with E-state index in [1.54, 1.807) is 12.1 Å². The summed E-state index contributed by atoms with van der Waals surface area (Å²) >= 11 is 0. The minimum absolute atomic E-state index is 0.00535. The summed E-state index contributed by atoms with van der Waals surface area (Å²) in [7, 11) is -3.66. The highest BCUT2D eigenvalue weighted by molar-refractivity contribution is 7.89. The van der Waals surface area contributed by atoms with Gasteiger partial charge in [0, 0.05) is 13.0 Å². The fourth-order valence-corrected chi connectivity index (χ4v) is 2.93. The molecule has 2 rings (SSSR count). The SMILES string of the molecule is NS(=O)(=O)c1ccc(CCNC(=O)C[NH2+]CCc2ccccc2)cc1. The Morgan fingerprint density at radius 3 is 2.24 bits per heavy atom. The highest BCUT2D eigenvalue weighted by Crippen LogP contribution is 2.08. The molecule has 0 radical (unpaired) electrons. The van der Waals surface area contributed by atoms with Gasteiger partial charge in [0.25, 0.3) is 5.91 Å². The van der Waals surface area contributed by atoms with Crippen LogP contribution in [0.25, 0.3) is 0 Å². The molecule has 5 N–H and O–H groups in total. The summed E-state index contributed by atoms with van der Waals surface area (Å²) in [5.41, 5.74) is 2.21. The molecule has 2 aromatic carbocycles. The van der Waals surface area contributed by atoms with Gasteiger partial charge >= 0.3 is 0 Å². The minimum atomic E-state index is -3.66. The zero-order chi connectivity index (χ0) is 18.1. The Kier molecular flexibility index (Phi) is 7.12. The lowest BCUT2D eigenvalue weighted by atomic mass is 10.1. The van der Waals surface area contributed by atoms with Crippen LogP contribution in [0.15, 0.2) is 59.5 Å². The van der Waals surface area contributed by atoms with Crippen LogP contribution in [0.2, 0.25) is 0 Å². The van der Waals surface area contributed by atoms with E-state index in [2.05, 4.69) is 17.4 Å². The van der Waals surface area contributed by atoms with Gasteiger partial charge in [-0.2, -0.15) is 0 Å². The van der Waals surface area contributed by atoms with Gasteiger partial charge in [-0.3, -0.25) is 4.79 Å². The summed E-state index contributed by atoms with van der Waals surface area (Å²) in [4.78, 5) is 11.9. The third-order valence-electron chi connectivity index (χ3n) is 3.80. The number of nitrogens with two attached hydrogens (primary N) is 2. The lowest BCUT2D eigenvalue weighted by molar-refractivity contribution is -0.643. The predicted octanol–water partition coefficient (Wildman–Crippen LogP) is -0.201. The molecular formula is C18H24N3O3S+. The molecule has 6 nitrogen and oxygen atoms in total. The van der Waals surface area contributed by atoms with Crippen molar-refractivity contribution in [3.63, 3.8) is 0 Å². The summed E-state index contributed by atoms with van der Waals surface area (Å²) in [5.74, 6) is -0.00535. The minimum Gasteiger partial charge on any atom is -0.351 e. The maximum absolute atomic E-state index is 11.8. The topological polar surface area (TPSA) is 106 Å². The Morgan fingerprint density at radius 1 is 0.960 bits per heavy atom. The van der Waals surface area contributed by atoms with E-state index in [1.807, 2.05) is 23.5 Å². The first-order valence-corrected chi connectivity index (χ1v) is 9.74. The molecule has 0 bridgehead atoms. The maximum Gasteiger partial charge on any atom is 0.275 e.